The van der Waals surface area contributed by atoms with Crippen LogP contribution in [0.15, 0.2) is 17.8 Å². The van der Waals surface area contributed by atoms with Crippen LogP contribution in [0.5, 0.6) is 0 Å². The maximum atomic E-state index is 8.74. The van der Waals surface area contributed by atoms with Crippen LogP contribution in [0.25, 0.3) is 0 Å². The molecule has 0 aromatic rings. The van der Waals surface area contributed by atoms with E-state index >= 15 is 0 Å². The van der Waals surface area contributed by atoms with E-state index in [-0.39, 0.29) is 0 Å². The Hall–Kier alpha value is -0.830. The molecule has 1 fully saturated rings. The summed E-state index contributed by atoms with van der Waals surface area (Å²) >= 11 is 0. The fourth-order valence-corrected chi connectivity index (χ4v) is 1.83. The van der Waals surface area contributed by atoms with E-state index in [4.69, 9.17) is 5.21 Å². The van der Waals surface area contributed by atoms with Crippen LogP contribution >= 0.6 is 0 Å². The topological polar surface area (TPSA) is 35.8 Å². The summed E-state index contributed by atoms with van der Waals surface area (Å²) in [6, 6.07) is 0.458. The van der Waals surface area contributed by atoms with Gasteiger partial charge in [-0.3, -0.25) is 4.90 Å². The van der Waals surface area contributed by atoms with Gasteiger partial charge in [0.25, 0.3) is 0 Å². The zero-order chi connectivity index (χ0) is 9.84. The summed E-state index contributed by atoms with van der Waals surface area (Å²) < 4.78 is 0. The summed E-state index contributed by atoms with van der Waals surface area (Å²) in [7, 11) is 0. The highest BCUT2D eigenvalue weighted by Crippen LogP contribution is 2.19. The summed E-state index contributed by atoms with van der Waals surface area (Å²) in [5.41, 5.74) is 0.924. The molecule has 2 atom stereocenters. The molecular formula is C10H18N2O. The molecule has 1 rings (SSSR count). The smallest absolute Gasteiger partial charge is 0.0627 e. The van der Waals surface area contributed by atoms with Crippen LogP contribution in [0.2, 0.25) is 0 Å². The third kappa shape index (κ3) is 2.31. The normalized spacial score (nSPS) is 33.5. The van der Waals surface area contributed by atoms with Gasteiger partial charge in [-0.1, -0.05) is 18.2 Å². The van der Waals surface area contributed by atoms with Crippen LogP contribution in [0.4, 0.5) is 0 Å². The molecule has 0 aliphatic carbocycles. The average molecular weight is 182 g/mol. The standard InChI is InChI=1S/C10H18N2O/c1-4-5-12-7-8(2)10(11-13)6-9(12)3/h4,8-9,13H,1,5-7H2,2-3H3/b11-10-/t8-,9+/m1/s1. The van der Waals surface area contributed by atoms with E-state index in [9.17, 15) is 0 Å². The molecular weight excluding hydrogens is 164 g/mol. The summed E-state index contributed by atoms with van der Waals surface area (Å²) in [4.78, 5) is 2.35. The van der Waals surface area contributed by atoms with Crippen molar-refractivity contribution in [3.8, 4) is 0 Å². The van der Waals surface area contributed by atoms with Crippen molar-refractivity contribution in [2.45, 2.75) is 26.3 Å². The summed E-state index contributed by atoms with van der Waals surface area (Å²) in [5, 5.41) is 12.1. The quantitative estimate of drug-likeness (QED) is 0.401. The molecule has 13 heavy (non-hydrogen) atoms. The maximum absolute atomic E-state index is 8.74. The molecule has 0 amide bonds. The number of hydrogen-bond acceptors (Lipinski definition) is 3. The maximum Gasteiger partial charge on any atom is 0.0627 e. The van der Waals surface area contributed by atoms with E-state index in [1.807, 2.05) is 6.08 Å². The van der Waals surface area contributed by atoms with E-state index in [0.717, 1.165) is 25.2 Å². The lowest BCUT2D eigenvalue weighted by Crippen LogP contribution is -2.45. The predicted molar refractivity (Wildman–Crippen MR) is 54.2 cm³/mol. The van der Waals surface area contributed by atoms with Crippen molar-refractivity contribution in [3.63, 3.8) is 0 Å². The fraction of sp³-hybridized carbons (Fsp3) is 0.700. The zero-order valence-electron chi connectivity index (χ0n) is 8.40. The highest BCUT2D eigenvalue weighted by atomic mass is 16.4. The number of rotatable bonds is 2. The van der Waals surface area contributed by atoms with Crippen LogP contribution in [0, 0.1) is 5.92 Å². The highest BCUT2D eigenvalue weighted by molar-refractivity contribution is 5.87. The lowest BCUT2D eigenvalue weighted by Gasteiger charge is -2.36. The van der Waals surface area contributed by atoms with Crippen molar-refractivity contribution in [3.05, 3.63) is 12.7 Å². The first-order valence-electron chi connectivity index (χ1n) is 4.74. The van der Waals surface area contributed by atoms with Gasteiger partial charge in [-0.2, -0.15) is 0 Å². The van der Waals surface area contributed by atoms with Gasteiger partial charge in [0.15, 0.2) is 0 Å². The third-order valence-corrected chi connectivity index (χ3v) is 2.70. The Morgan fingerprint density at radius 1 is 1.69 bits per heavy atom. The Kier molecular flexibility index (Phi) is 3.48. The molecule has 0 saturated carbocycles. The molecule has 74 valence electrons. The van der Waals surface area contributed by atoms with Crippen LogP contribution < -0.4 is 0 Å². The first kappa shape index (κ1) is 10.3. The number of nitrogens with zero attached hydrogens (tertiary/aromatic N) is 2. The molecule has 0 bridgehead atoms. The second-order valence-electron chi connectivity index (χ2n) is 3.79. The fourth-order valence-electron chi connectivity index (χ4n) is 1.83. The van der Waals surface area contributed by atoms with E-state index in [2.05, 4.69) is 30.5 Å². The number of likely N-dealkylation sites (tertiary alicyclic amines) is 1. The van der Waals surface area contributed by atoms with Gasteiger partial charge in [0.1, 0.15) is 0 Å². The summed E-state index contributed by atoms with van der Waals surface area (Å²) in [6.07, 6.45) is 2.79. The van der Waals surface area contributed by atoms with Crippen LogP contribution in [-0.2, 0) is 0 Å². The van der Waals surface area contributed by atoms with Gasteiger partial charge in [-0.25, -0.2) is 0 Å². The molecule has 0 spiro atoms. The molecule has 3 heteroatoms. The van der Waals surface area contributed by atoms with Crippen LogP contribution in [-0.4, -0.2) is 35.0 Å². The molecule has 0 aromatic carbocycles. The van der Waals surface area contributed by atoms with Gasteiger partial charge in [0, 0.05) is 31.5 Å². The van der Waals surface area contributed by atoms with Gasteiger partial charge in [0.2, 0.25) is 0 Å². The Labute approximate surface area is 79.7 Å². The van der Waals surface area contributed by atoms with Crippen molar-refractivity contribution in [2.75, 3.05) is 13.1 Å². The van der Waals surface area contributed by atoms with Crippen molar-refractivity contribution >= 4 is 5.71 Å². The van der Waals surface area contributed by atoms with Crippen LogP contribution in [0.3, 0.4) is 0 Å². The molecule has 3 nitrogen and oxygen atoms in total. The Bertz CT molecular complexity index is 213. The predicted octanol–water partition coefficient (Wildman–Crippen LogP) is 1.73. The van der Waals surface area contributed by atoms with Gasteiger partial charge in [0.05, 0.1) is 5.71 Å². The molecule has 0 unspecified atom stereocenters. The first-order chi connectivity index (χ1) is 6.19. The largest absolute Gasteiger partial charge is 0.411 e. The summed E-state index contributed by atoms with van der Waals surface area (Å²) in [5.74, 6) is 0.362. The first-order valence-corrected chi connectivity index (χ1v) is 4.74. The monoisotopic (exact) mass is 182 g/mol. The number of oxime groups is 1. The van der Waals surface area contributed by atoms with Crippen LogP contribution in [0.1, 0.15) is 20.3 Å². The van der Waals surface area contributed by atoms with Crippen molar-refractivity contribution in [2.24, 2.45) is 11.1 Å². The van der Waals surface area contributed by atoms with E-state index in [1.165, 1.54) is 0 Å². The summed E-state index contributed by atoms with van der Waals surface area (Å²) in [6.45, 7) is 9.87. The van der Waals surface area contributed by atoms with Gasteiger partial charge in [-0.15, -0.1) is 6.58 Å². The molecule has 1 heterocycles. The minimum absolute atomic E-state index is 0.362. The van der Waals surface area contributed by atoms with E-state index < -0.39 is 0 Å². The average Bonchev–Trinajstić information content (AvgIpc) is 2.11. The number of piperidine rings is 1. The Morgan fingerprint density at radius 2 is 2.38 bits per heavy atom. The van der Waals surface area contributed by atoms with Gasteiger partial charge in [-0.05, 0) is 6.92 Å². The van der Waals surface area contributed by atoms with E-state index in [0.29, 0.717) is 12.0 Å². The second kappa shape index (κ2) is 4.42. The molecule has 1 aliphatic heterocycles. The number of hydrogen-bond donors (Lipinski definition) is 1. The Morgan fingerprint density at radius 3 is 2.92 bits per heavy atom. The molecule has 0 aromatic heterocycles. The minimum atomic E-state index is 0.362. The minimum Gasteiger partial charge on any atom is -0.411 e. The molecule has 1 N–H and O–H groups in total. The third-order valence-electron chi connectivity index (χ3n) is 2.70. The highest BCUT2D eigenvalue weighted by Gasteiger charge is 2.26. The zero-order valence-corrected chi connectivity index (χ0v) is 8.40. The SMILES string of the molecule is C=CCN1C[C@@H](C)/C(=N\O)C[C@@H]1C. The van der Waals surface area contributed by atoms with Crippen molar-refractivity contribution < 1.29 is 5.21 Å². The Balaban J connectivity index is 2.61. The van der Waals surface area contributed by atoms with Crippen molar-refractivity contribution in [1.82, 2.24) is 4.90 Å². The molecule has 1 saturated heterocycles. The van der Waals surface area contributed by atoms with Gasteiger partial charge < -0.3 is 5.21 Å². The lowest BCUT2D eigenvalue weighted by atomic mass is 9.93. The molecule has 1 aliphatic rings. The van der Waals surface area contributed by atoms with Gasteiger partial charge >= 0.3 is 0 Å². The molecule has 0 radical (unpaired) electrons. The van der Waals surface area contributed by atoms with Crippen molar-refractivity contribution in [1.29, 1.82) is 0 Å². The lowest BCUT2D eigenvalue weighted by molar-refractivity contribution is 0.195. The van der Waals surface area contributed by atoms with E-state index in [1.54, 1.807) is 0 Å². The second-order valence-corrected chi connectivity index (χ2v) is 3.79.